The van der Waals surface area contributed by atoms with Crippen molar-refractivity contribution in [2.75, 3.05) is 0 Å². The molecule has 0 spiro atoms. The van der Waals surface area contributed by atoms with Crippen molar-refractivity contribution in [2.45, 2.75) is 13.8 Å². The van der Waals surface area contributed by atoms with Gasteiger partial charge in [-0.25, -0.2) is 5.43 Å². The second-order valence-electron chi connectivity index (χ2n) is 4.99. The largest absolute Gasteiger partial charge is 0.283 e. The minimum atomic E-state index is -0.309. The average Bonchev–Trinajstić information content (AvgIpc) is 3.08. The summed E-state index contributed by atoms with van der Waals surface area (Å²) in [6.07, 6.45) is 0. The fourth-order valence-electron chi connectivity index (χ4n) is 2.07. The van der Waals surface area contributed by atoms with Crippen LogP contribution in [0.15, 0.2) is 35.4 Å². The Kier molecular flexibility index (Phi) is 4.73. The molecule has 2 aromatic heterocycles. The normalized spacial score (nSPS) is 11.9. The highest BCUT2D eigenvalue weighted by atomic mass is 35.5. The van der Waals surface area contributed by atoms with Gasteiger partial charge in [-0.1, -0.05) is 35.3 Å². The molecule has 1 amide bonds. The predicted molar refractivity (Wildman–Crippen MR) is 101 cm³/mol. The monoisotopic (exact) mass is 382 g/mol. The SMILES string of the molecule is C/C(=N\NC(=O)c1sc2cc(C)ccc2c1Cl)c1ccc(Cl)s1. The van der Waals surface area contributed by atoms with E-state index in [0.29, 0.717) is 19.9 Å². The Morgan fingerprint density at radius 2 is 1.96 bits per heavy atom. The van der Waals surface area contributed by atoms with Gasteiger partial charge in [-0.3, -0.25) is 4.79 Å². The first kappa shape index (κ1) is 16.5. The fraction of sp³-hybridized carbons (Fsp3) is 0.125. The molecule has 0 atom stereocenters. The number of fused-ring (bicyclic) bond motifs is 1. The summed E-state index contributed by atoms with van der Waals surface area (Å²) >= 11 is 15.0. The van der Waals surface area contributed by atoms with E-state index in [1.807, 2.05) is 38.1 Å². The van der Waals surface area contributed by atoms with Crippen LogP contribution in [0.25, 0.3) is 10.1 Å². The number of carbonyl (C=O) groups excluding carboxylic acids is 1. The smallest absolute Gasteiger partial charge is 0.266 e. The van der Waals surface area contributed by atoms with E-state index in [4.69, 9.17) is 23.2 Å². The summed E-state index contributed by atoms with van der Waals surface area (Å²) in [5, 5.41) is 5.48. The second kappa shape index (κ2) is 6.61. The molecule has 2 heterocycles. The molecule has 0 radical (unpaired) electrons. The van der Waals surface area contributed by atoms with Crippen LogP contribution in [-0.2, 0) is 0 Å². The molecular weight excluding hydrogens is 371 g/mol. The lowest BCUT2D eigenvalue weighted by Crippen LogP contribution is -2.18. The molecule has 118 valence electrons. The number of rotatable bonds is 3. The van der Waals surface area contributed by atoms with Gasteiger partial charge in [-0.05, 0) is 37.6 Å². The molecule has 1 aromatic carbocycles. The van der Waals surface area contributed by atoms with Crippen LogP contribution in [0.2, 0.25) is 9.36 Å². The quantitative estimate of drug-likeness (QED) is 0.455. The van der Waals surface area contributed by atoms with E-state index in [9.17, 15) is 4.79 Å². The third kappa shape index (κ3) is 3.43. The van der Waals surface area contributed by atoms with Crippen molar-refractivity contribution >= 4 is 67.6 Å². The van der Waals surface area contributed by atoms with Crippen molar-refractivity contribution in [3.8, 4) is 0 Å². The van der Waals surface area contributed by atoms with E-state index in [0.717, 1.165) is 20.5 Å². The Labute approximate surface area is 151 Å². The van der Waals surface area contributed by atoms with Gasteiger partial charge in [-0.2, -0.15) is 5.10 Å². The summed E-state index contributed by atoms with van der Waals surface area (Å²) in [5.41, 5.74) is 4.39. The first-order valence-corrected chi connectivity index (χ1v) is 9.13. The van der Waals surface area contributed by atoms with Crippen LogP contribution in [0.1, 0.15) is 27.0 Å². The number of benzene rings is 1. The first-order chi connectivity index (χ1) is 11.0. The third-order valence-corrected chi connectivity index (χ3v) is 6.24. The van der Waals surface area contributed by atoms with Crippen LogP contribution < -0.4 is 5.43 Å². The number of hydrogen-bond acceptors (Lipinski definition) is 4. The number of aryl methyl sites for hydroxylation is 1. The van der Waals surface area contributed by atoms with Gasteiger partial charge in [0.1, 0.15) is 4.88 Å². The highest BCUT2D eigenvalue weighted by molar-refractivity contribution is 7.21. The Morgan fingerprint density at radius 1 is 1.17 bits per heavy atom. The van der Waals surface area contributed by atoms with Gasteiger partial charge in [0.15, 0.2) is 0 Å². The number of nitrogens with zero attached hydrogens (tertiary/aromatic N) is 1. The van der Waals surface area contributed by atoms with Crippen LogP contribution in [0, 0.1) is 6.92 Å². The maximum Gasteiger partial charge on any atom is 0.283 e. The minimum Gasteiger partial charge on any atom is -0.266 e. The van der Waals surface area contributed by atoms with Crippen molar-refractivity contribution in [1.82, 2.24) is 5.43 Å². The summed E-state index contributed by atoms with van der Waals surface area (Å²) in [5.74, 6) is -0.309. The van der Waals surface area contributed by atoms with Gasteiger partial charge in [0.2, 0.25) is 0 Å². The van der Waals surface area contributed by atoms with E-state index in [1.54, 1.807) is 6.07 Å². The number of nitrogens with one attached hydrogen (secondary N) is 1. The van der Waals surface area contributed by atoms with Gasteiger partial charge >= 0.3 is 0 Å². The highest BCUT2D eigenvalue weighted by Gasteiger charge is 2.17. The number of halogens is 2. The topological polar surface area (TPSA) is 41.5 Å². The van der Waals surface area contributed by atoms with E-state index < -0.39 is 0 Å². The highest BCUT2D eigenvalue weighted by Crippen LogP contribution is 2.35. The molecule has 7 heteroatoms. The summed E-state index contributed by atoms with van der Waals surface area (Å²) in [6, 6.07) is 9.60. The zero-order valence-electron chi connectivity index (χ0n) is 12.3. The summed E-state index contributed by atoms with van der Waals surface area (Å²) in [7, 11) is 0. The Balaban J connectivity index is 1.85. The summed E-state index contributed by atoms with van der Waals surface area (Å²) in [4.78, 5) is 13.7. The molecule has 3 aromatic rings. The molecule has 0 aliphatic heterocycles. The number of carbonyl (C=O) groups is 1. The molecule has 0 fully saturated rings. The summed E-state index contributed by atoms with van der Waals surface area (Å²) < 4.78 is 1.68. The van der Waals surface area contributed by atoms with Gasteiger partial charge in [0, 0.05) is 10.1 Å². The average molecular weight is 383 g/mol. The lowest BCUT2D eigenvalue weighted by atomic mass is 10.2. The number of hydrogen-bond donors (Lipinski definition) is 1. The minimum absolute atomic E-state index is 0.309. The fourth-order valence-corrected chi connectivity index (χ4v) is 4.56. The van der Waals surface area contributed by atoms with E-state index >= 15 is 0 Å². The Bertz CT molecular complexity index is 927. The van der Waals surface area contributed by atoms with E-state index in [2.05, 4.69) is 10.5 Å². The predicted octanol–water partition coefficient (Wildman–Crippen LogP) is 5.73. The van der Waals surface area contributed by atoms with Crippen LogP contribution in [0.3, 0.4) is 0 Å². The zero-order valence-corrected chi connectivity index (χ0v) is 15.5. The lowest BCUT2D eigenvalue weighted by Gasteiger charge is -1.99. The standard InChI is InChI=1S/C16H12Cl2N2OS2/c1-8-3-4-10-12(7-8)23-15(14(10)18)16(21)20-19-9(2)11-5-6-13(17)22-11/h3-7H,1-2H3,(H,20,21)/b19-9+. The number of amides is 1. The molecule has 0 aliphatic rings. The molecule has 0 saturated heterocycles. The number of thiophene rings is 2. The van der Waals surface area contributed by atoms with Crippen LogP contribution in [-0.4, -0.2) is 11.6 Å². The molecule has 0 saturated carbocycles. The molecule has 23 heavy (non-hydrogen) atoms. The van der Waals surface area contributed by atoms with Crippen molar-refractivity contribution in [2.24, 2.45) is 5.10 Å². The van der Waals surface area contributed by atoms with Gasteiger partial charge in [0.05, 0.1) is 19.9 Å². The van der Waals surface area contributed by atoms with Crippen molar-refractivity contribution < 1.29 is 4.79 Å². The molecule has 0 aliphatic carbocycles. The number of hydrazone groups is 1. The van der Waals surface area contributed by atoms with Crippen molar-refractivity contribution in [3.63, 3.8) is 0 Å². The Morgan fingerprint density at radius 3 is 2.65 bits per heavy atom. The lowest BCUT2D eigenvalue weighted by molar-refractivity contribution is 0.0959. The van der Waals surface area contributed by atoms with Crippen LogP contribution in [0.4, 0.5) is 0 Å². The summed E-state index contributed by atoms with van der Waals surface area (Å²) in [6.45, 7) is 3.82. The molecule has 0 unspecified atom stereocenters. The van der Waals surface area contributed by atoms with Gasteiger partial charge in [-0.15, -0.1) is 22.7 Å². The van der Waals surface area contributed by atoms with E-state index in [1.165, 1.54) is 22.7 Å². The third-order valence-electron chi connectivity index (χ3n) is 3.25. The second-order valence-corrected chi connectivity index (χ2v) is 8.13. The van der Waals surface area contributed by atoms with E-state index in [-0.39, 0.29) is 5.91 Å². The molecule has 1 N–H and O–H groups in total. The van der Waals surface area contributed by atoms with Crippen molar-refractivity contribution in [1.29, 1.82) is 0 Å². The van der Waals surface area contributed by atoms with Gasteiger partial charge < -0.3 is 0 Å². The molecule has 3 nitrogen and oxygen atoms in total. The molecule has 3 rings (SSSR count). The molecule has 0 bridgehead atoms. The molecular formula is C16H12Cl2N2OS2. The zero-order chi connectivity index (χ0) is 16.6. The van der Waals surface area contributed by atoms with Gasteiger partial charge in [0.25, 0.3) is 5.91 Å². The van der Waals surface area contributed by atoms with Crippen LogP contribution in [0.5, 0.6) is 0 Å². The van der Waals surface area contributed by atoms with Crippen LogP contribution >= 0.6 is 45.9 Å². The first-order valence-electron chi connectivity index (χ1n) is 6.74. The maximum absolute atomic E-state index is 12.3. The maximum atomic E-state index is 12.3. The van der Waals surface area contributed by atoms with Crippen molar-refractivity contribution in [3.05, 3.63) is 55.0 Å². The Hall–Kier alpha value is -1.40.